The summed E-state index contributed by atoms with van der Waals surface area (Å²) < 4.78 is 18.5. The molecule has 3 nitrogen and oxygen atoms in total. The lowest BCUT2D eigenvalue weighted by Crippen LogP contribution is -2.45. The van der Waals surface area contributed by atoms with Crippen molar-refractivity contribution in [3.8, 4) is 5.88 Å². The van der Waals surface area contributed by atoms with Crippen LogP contribution in [0.3, 0.4) is 0 Å². The number of nitrogens with zero attached hydrogens (tertiary/aromatic N) is 2. The van der Waals surface area contributed by atoms with E-state index < -0.39 is 0 Å². The highest BCUT2D eigenvalue weighted by molar-refractivity contribution is 5.86. The first-order chi connectivity index (χ1) is 11.2. The van der Waals surface area contributed by atoms with Gasteiger partial charge < -0.3 is 9.64 Å². The van der Waals surface area contributed by atoms with Gasteiger partial charge in [0.2, 0.25) is 5.88 Å². The number of hydrogen-bond donors (Lipinski definition) is 0. The minimum atomic E-state index is -0.186. The first kappa shape index (κ1) is 14.0. The van der Waals surface area contributed by atoms with Gasteiger partial charge in [-0.2, -0.15) is 0 Å². The van der Waals surface area contributed by atoms with Crippen molar-refractivity contribution in [3.05, 3.63) is 66.1 Å². The van der Waals surface area contributed by atoms with E-state index in [1.807, 2.05) is 36.5 Å². The number of halogens is 1. The molecule has 1 aliphatic rings. The van der Waals surface area contributed by atoms with Crippen LogP contribution in [0.1, 0.15) is 11.5 Å². The van der Waals surface area contributed by atoms with Crippen LogP contribution in [-0.4, -0.2) is 25.2 Å². The van der Waals surface area contributed by atoms with Crippen LogP contribution in [0.5, 0.6) is 5.88 Å². The molecule has 0 unspecified atom stereocenters. The molecule has 2 aromatic carbocycles. The molecular formula is C19H17FN2O. The Hall–Kier alpha value is -2.62. The van der Waals surface area contributed by atoms with Crippen molar-refractivity contribution >= 4 is 16.5 Å². The Morgan fingerprint density at radius 3 is 2.74 bits per heavy atom. The maximum atomic E-state index is 13.4. The van der Waals surface area contributed by atoms with Gasteiger partial charge in [0, 0.05) is 25.1 Å². The predicted octanol–water partition coefficient (Wildman–Crippen LogP) is 3.99. The van der Waals surface area contributed by atoms with Crippen LogP contribution in [0.25, 0.3) is 10.8 Å². The van der Waals surface area contributed by atoms with Gasteiger partial charge >= 0.3 is 0 Å². The summed E-state index contributed by atoms with van der Waals surface area (Å²) in [5.74, 6) is 0.905. The van der Waals surface area contributed by atoms with Crippen molar-refractivity contribution < 1.29 is 9.13 Å². The molecule has 1 fully saturated rings. The van der Waals surface area contributed by atoms with Gasteiger partial charge in [-0.1, -0.05) is 24.3 Å². The zero-order valence-corrected chi connectivity index (χ0v) is 12.9. The molecule has 1 aromatic heterocycles. The number of rotatable bonds is 3. The molecule has 1 saturated heterocycles. The molecule has 3 aromatic rings. The summed E-state index contributed by atoms with van der Waals surface area (Å²) in [5.41, 5.74) is 2.40. The summed E-state index contributed by atoms with van der Waals surface area (Å²) in [4.78, 5) is 6.54. The van der Waals surface area contributed by atoms with Gasteiger partial charge in [-0.3, -0.25) is 0 Å². The lowest BCUT2D eigenvalue weighted by molar-refractivity contribution is 0.397. The lowest BCUT2D eigenvalue weighted by atomic mass is 9.87. The second kappa shape index (κ2) is 5.54. The quantitative estimate of drug-likeness (QED) is 0.731. The third kappa shape index (κ3) is 2.50. The Morgan fingerprint density at radius 1 is 1.13 bits per heavy atom. The van der Waals surface area contributed by atoms with E-state index in [9.17, 15) is 4.39 Å². The molecule has 0 radical (unpaired) electrons. The molecule has 2 heterocycles. The van der Waals surface area contributed by atoms with Gasteiger partial charge in [0.15, 0.2) is 0 Å². The maximum absolute atomic E-state index is 13.4. The Balaban J connectivity index is 1.55. The minimum absolute atomic E-state index is 0.186. The van der Waals surface area contributed by atoms with Crippen LogP contribution in [0.2, 0.25) is 0 Å². The van der Waals surface area contributed by atoms with Crippen LogP contribution in [0, 0.1) is 5.82 Å². The largest absolute Gasteiger partial charge is 0.481 e. The Kier molecular flexibility index (Phi) is 3.37. The number of fused-ring (bicyclic) bond motifs is 1. The molecule has 0 N–H and O–H groups in total. The third-order valence-electron chi connectivity index (χ3n) is 4.49. The number of aromatic nitrogens is 1. The molecular weight excluding hydrogens is 291 g/mol. The van der Waals surface area contributed by atoms with E-state index in [0.717, 1.165) is 29.5 Å². The van der Waals surface area contributed by atoms with Gasteiger partial charge in [-0.15, -0.1) is 0 Å². The molecule has 23 heavy (non-hydrogen) atoms. The van der Waals surface area contributed by atoms with E-state index in [1.165, 1.54) is 11.6 Å². The highest BCUT2D eigenvalue weighted by Crippen LogP contribution is 2.35. The van der Waals surface area contributed by atoms with Gasteiger partial charge in [0.25, 0.3) is 0 Å². The standard InChI is InChI=1S/C19H17FN2O/c1-23-19-8-6-16(10-21-19)22-11-14(12-22)17-4-2-3-13-9-15(20)5-7-18(13)17/h2-10,14H,11-12H2,1H3. The summed E-state index contributed by atoms with van der Waals surface area (Å²) in [6, 6.07) is 15.1. The molecule has 0 aliphatic carbocycles. The smallest absolute Gasteiger partial charge is 0.213 e. The van der Waals surface area contributed by atoms with Gasteiger partial charge in [-0.05, 0) is 34.5 Å². The summed E-state index contributed by atoms with van der Waals surface area (Å²) in [6.07, 6.45) is 1.84. The fourth-order valence-corrected chi connectivity index (χ4v) is 3.20. The molecule has 0 atom stereocenters. The number of benzene rings is 2. The maximum Gasteiger partial charge on any atom is 0.213 e. The number of pyridine rings is 1. The van der Waals surface area contributed by atoms with Gasteiger partial charge in [-0.25, -0.2) is 9.37 Å². The predicted molar refractivity (Wildman–Crippen MR) is 89.6 cm³/mol. The molecule has 4 rings (SSSR count). The van der Waals surface area contributed by atoms with Crippen molar-refractivity contribution in [2.24, 2.45) is 0 Å². The summed E-state index contributed by atoms with van der Waals surface area (Å²) >= 11 is 0. The van der Waals surface area contributed by atoms with Crippen LogP contribution < -0.4 is 9.64 Å². The topological polar surface area (TPSA) is 25.4 Å². The van der Waals surface area contributed by atoms with Gasteiger partial charge in [0.1, 0.15) is 5.82 Å². The van der Waals surface area contributed by atoms with E-state index in [-0.39, 0.29) is 5.82 Å². The zero-order valence-electron chi connectivity index (χ0n) is 12.9. The third-order valence-corrected chi connectivity index (χ3v) is 4.49. The SMILES string of the molecule is COc1ccc(N2CC(c3cccc4cc(F)ccc34)C2)cn1. The van der Waals surface area contributed by atoms with Crippen molar-refractivity contribution in [2.75, 3.05) is 25.1 Å². The molecule has 0 saturated carbocycles. The first-order valence-corrected chi connectivity index (χ1v) is 7.68. The molecule has 116 valence electrons. The second-order valence-corrected chi connectivity index (χ2v) is 5.87. The van der Waals surface area contributed by atoms with E-state index in [4.69, 9.17) is 4.74 Å². The molecule has 4 heteroatoms. The number of ether oxygens (including phenoxy) is 1. The summed E-state index contributed by atoms with van der Waals surface area (Å²) in [6.45, 7) is 1.90. The van der Waals surface area contributed by atoms with E-state index in [2.05, 4.69) is 16.0 Å². The van der Waals surface area contributed by atoms with E-state index >= 15 is 0 Å². The molecule has 1 aliphatic heterocycles. The van der Waals surface area contributed by atoms with E-state index in [0.29, 0.717) is 11.8 Å². The fraction of sp³-hybridized carbons (Fsp3) is 0.211. The normalized spacial score (nSPS) is 14.8. The van der Waals surface area contributed by atoms with Crippen molar-refractivity contribution in [2.45, 2.75) is 5.92 Å². The Labute approximate surface area is 134 Å². The van der Waals surface area contributed by atoms with Crippen molar-refractivity contribution in [3.63, 3.8) is 0 Å². The summed E-state index contributed by atoms with van der Waals surface area (Å²) in [5, 5.41) is 2.11. The van der Waals surface area contributed by atoms with Crippen molar-refractivity contribution in [1.82, 2.24) is 4.98 Å². The summed E-state index contributed by atoms with van der Waals surface area (Å²) in [7, 11) is 1.62. The number of methoxy groups -OCH3 is 1. The highest BCUT2D eigenvalue weighted by atomic mass is 19.1. The fourth-order valence-electron chi connectivity index (χ4n) is 3.20. The average molecular weight is 308 g/mol. The molecule has 0 bridgehead atoms. The minimum Gasteiger partial charge on any atom is -0.481 e. The van der Waals surface area contributed by atoms with Gasteiger partial charge in [0.05, 0.1) is 19.0 Å². The van der Waals surface area contributed by atoms with E-state index in [1.54, 1.807) is 13.2 Å². The lowest BCUT2D eigenvalue weighted by Gasteiger charge is -2.41. The monoisotopic (exact) mass is 308 g/mol. The van der Waals surface area contributed by atoms with Crippen molar-refractivity contribution in [1.29, 1.82) is 0 Å². The Morgan fingerprint density at radius 2 is 2.00 bits per heavy atom. The number of anilines is 1. The van der Waals surface area contributed by atoms with Crippen LogP contribution in [0.4, 0.5) is 10.1 Å². The highest BCUT2D eigenvalue weighted by Gasteiger charge is 2.29. The van der Waals surface area contributed by atoms with Crippen LogP contribution >= 0.6 is 0 Å². The van der Waals surface area contributed by atoms with Crippen LogP contribution in [-0.2, 0) is 0 Å². The van der Waals surface area contributed by atoms with Crippen LogP contribution in [0.15, 0.2) is 54.7 Å². The molecule has 0 spiro atoms. The second-order valence-electron chi connectivity index (χ2n) is 5.87. The Bertz CT molecular complexity index is 842. The average Bonchev–Trinajstić information content (AvgIpc) is 2.54. The first-order valence-electron chi connectivity index (χ1n) is 7.68. The number of hydrogen-bond acceptors (Lipinski definition) is 3. The zero-order chi connectivity index (χ0) is 15.8. The molecule has 0 amide bonds.